The number of benzene rings is 1. The van der Waals surface area contributed by atoms with Gasteiger partial charge in [-0.15, -0.1) is 0 Å². The van der Waals surface area contributed by atoms with Crippen LogP contribution in [-0.4, -0.2) is 48.0 Å². The molecule has 160 valence electrons. The number of hydrogen-bond donors (Lipinski definition) is 1. The molecular weight excluding hydrogens is 367 g/mol. The summed E-state index contributed by atoms with van der Waals surface area (Å²) in [7, 11) is -0.427. The topological polar surface area (TPSA) is 74.0 Å². The highest BCUT2D eigenvalue weighted by molar-refractivity contribution is 6.62. The number of carbonyl (C=O) groups is 1. The molecule has 0 spiro atoms. The van der Waals surface area contributed by atoms with E-state index in [1.54, 1.807) is 4.90 Å². The molecule has 2 fully saturated rings. The highest BCUT2D eigenvalue weighted by atomic mass is 16.7. The molecule has 0 aromatic heterocycles. The van der Waals surface area contributed by atoms with Crippen molar-refractivity contribution in [2.75, 3.05) is 18.8 Å². The van der Waals surface area contributed by atoms with Crippen LogP contribution in [0.15, 0.2) is 18.2 Å². The van der Waals surface area contributed by atoms with Gasteiger partial charge >= 0.3 is 13.2 Å². The van der Waals surface area contributed by atoms with Crippen LogP contribution in [0.25, 0.3) is 0 Å². The van der Waals surface area contributed by atoms with Crippen molar-refractivity contribution in [1.82, 2.24) is 4.90 Å². The first-order valence-corrected chi connectivity index (χ1v) is 10.5. The first-order valence-electron chi connectivity index (χ1n) is 10.5. The Morgan fingerprint density at radius 1 is 1.10 bits per heavy atom. The van der Waals surface area contributed by atoms with Crippen molar-refractivity contribution in [3.8, 4) is 0 Å². The monoisotopic (exact) mass is 402 g/mol. The van der Waals surface area contributed by atoms with Gasteiger partial charge in [-0.3, -0.25) is 0 Å². The minimum Gasteiger partial charge on any atom is -0.444 e. The van der Waals surface area contributed by atoms with E-state index in [4.69, 9.17) is 19.8 Å². The van der Waals surface area contributed by atoms with E-state index in [1.165, 1.54) is 5.56 Å². The fourth-order valence-electron chi connectivity index (χ4n) is 3.78. The molecule has 2 heterocycles. The summed E-state index contributed by atoms with van der Waals surface area (Å²) in [5.41, 5.74) is 7.81. The predicted octanol–water partition coefficient (Wildman–Crippen LogP) is 3.68. The van der Waals surface area contributed by atoms with Gasteiger partial charge in [-0.2, -0.15) is 0 Å². The number of carbonyl (C=O) groups excluding carboxylic acids is 1. The van der Waals surface area contributed by atoms with Gasteiger partial charge in [0.15, 0.2) is 0 Å². The van der Waals surface area contributed by atoms with Crippen LogP contribution < -0.4 is 11.2 Å². The third-order valence-corrected chi connectivity index (χ3v) is 6.14. The molecular formula is C22H35BN2O4. The van der Waals surface area contributed by atoms with Crippen LogP contribution in [0, 0.1) is 0 Å². The molecule has 0 radical (unpaired) electrons. The van der Waals surface area contributed by atoms with Gasteiger partial charge in [0.25, 0.3) is 0 Å². The van der Waals surface area contributed by atoms with Gasteiger partial charge in [-0.25, -0.2) is 4.79 Å². The number of nitrogen functional groups attached to an aromatic ring is 1. The lowest BCUT2D eigenvalue weighted by atomic mass is 9.76. The number of piperidine rings is 1. The zero-order chi connectivity index (χ0) is 21.6. The Balaban J connectivity index is 1.70. The Bertz CT molecular complexity index is 749. The van der Waals surface area contributed by atoms with E-state index in [9.17, 15) is 4.79 Å². The molecule has 1 aromatic carbocycles. The van der Waals surface area contributed by atoms with E-state index in [2.05, 4.69) is 6.07 Å². The van der Waals surface area contributed by atoms with Crippen molar-refractivity contribution in [2.45, 2.75) is 84.0 Å². The molecule has 29 heavy (non-hydrogen) atoms. The van der Waals surface area contributed by atoms with Gasteiger partial charge in [-0.05, 0) is 90.4 Å². The Labute approximate surface area is 175 Å². The van der Waals surface area contributed by atoms with Crippen molar-refractivity contribution >= 4 is 24.4 Å². The molecule has 2 aliphatic rings. The first-order chi connectivity index (χ1) is 13.3. The van der Waals surface area contributed by atoms with Crippen LogP contribution in [0.2, 0.25) is 0 Å². The van der Waals surface area contributed by atoms with E-state index in [-0.39, 0.29) is 17.3 Å². The number of rotatable bonds is 2. The van der Waals surface area contributed by atoms with Crippen LogP contribution in [0.5, 0.6) is 0 Å². The van der Waals surface area contributed by atoms with Crippen LogP contribution in [-0.2, 0) is 14.0 Å². The zero-order valence-electron chi connectivity index (χ0n) is 18.9. The molecule has 0 atom stereocenters. The van der Waals surface area contributed by atoms with E-state index in [0.29, 0.717) is 24.7 Å². The van der Waals surface area contributed by atoms with Crippen LogP contribution >= 0.6 is 0 Å². The molecule has 7 heteroatoms. The summed E-state index contributed by atoms with van der Waals surface area (Å²) in [6, 6.07) is 6.11. The lowest BCUT2D eigenvalue weighted by molar-refractivity contribution is 0.00578. The lowest BCUT2D eigenvalue weighted by Gasteiger charge is -2.33. The molecule has 3 rings (SSSR count). The van der Waals surface area contributed by atoms with Gasteiger partial charge in [0, 0.05) is 18.8 Å². The summed E-state index contributed by atoms with van der Waals surface area (Å²) in [6.45, 7) is 15.2. The van der Waals surface area contributed by atoms with E-state index in [1.807, 2.05) is 60.6 Å². The average molecular weight is 402 g/mol. The normalized spacial score (nSPS) is 22.0. The highest BCUT2D eigenvalue weighted by Gasteiger charge is 2.51. The summed E-state index contributed by atoms with van der Waals surface area (Å²) < 4.78 is 17.9. The number of anilines is 1. The minimum atomic E-state index is -0.473. The molecule has 0 aliphatic carbocycles. The largest absolute Gasteiger partial charge is 0.494 e. The second kappa shape index (κ2) is 7.51. The number of hydrogen-bond acceptors (Lipinski definition) is 5. The fourth-order valence-corrected chi connectivity index (χ4v) is 3.78. The number of amides is 1. The van der Waals surface area contributed by atoms with Gasteiger partial charge in [0.05, 0.1) is 11.2 Å². The Kier molecular flexibility index (Phi) is 5.69. The lowest BCUT2D eigenvalue weighted by Crippen LogP contribution is -2.41. The molecule has 0 unspecified atom stereocenters. The van der Waals surface area contributed by atoms with Crippen molar-refractivity contribution in [2.24, 2.45) is 0 Å². The van der Waals surface area contributed by atoms with Gasteiger partial charge in [-0.1, -0.05) is 6.07 Å². The summed E-state index contributed by atoms with van der Waals surface area (Å²) in [6.07, 6.45) is 1.53. The summed E-state index contributed by atoms with van der Waals surface area (Å²) >= 11 is 0. The molecule has 2 aliphatic heterocycles. The van der Waals surface area contributed by atoms with Crippen molar-refractivity contribution in [3.05, 3.63) is 23.8 Å². The summed E-state index contributed by atoms with van der Waals surface area (Å²) in [4.78, 5) is 14.1. The van der Waals surface area contributed by atoms with Crippen LogP contribution in [0.3, 0.4) is 0 Å². The number of nitrogens with two attached hydrogens (primary N) is 1. The van der Waals surface area contributed by atoms with E-state index >= 15 is 0 Å². The maximum absolute atomic E-state index is 12.3. The molecule has 2 N–H and O–H groups in total. The van der Waals surface area contributed by atoms with Gasteiger partial charge < -0.3 is 24.7 Å². The predicted molar refractivity (Wildman–Crippen MR) is 116 cm³/mol. The number of likely N-dealkylation sites (tertiary alicyclic amines) is 1. The minimum absolute atomic E-state index is 0.235. The van der Waals surface area contributed by atoms with Gasteiger partial charge in [0.1, 0.15) is 5.60 Å². The SMILES string of the molecule is CC(C)(C)OC(=O)N1CCC(c2cc(N)cc(B3OC(C)(C)C(C)(C)O3)c2)CC1. The third kappa shape index (κ3) is 4.89. The highest BCUT2D eigenvalue weighted by Crippen LogP contribution is 2.37. The zero-order valence-corrected chi connectivity index (χ0v) is 18.9. The van der Waals surface area contributed by atoms with Crippen molar-refractivity contribution in [3.63, 3.8) is 0 Å². The molecule has 6 nitrogen and oxygen atoms in total. The van der Waals surface area contributed by atoms with Crippen molar-refractivity contribution < 1.29 is 18.8 Å². The first kappa shape index (κ1) is 22.0. The van der Waals surface area contributed by atoms with Gasteiger partial charge in [0.2, 0.25) is 0 Å². The second-order valence-electron chi connectivity index (χ2n) is 10.3. The average Bonchev–Trinajstić information content (AvgIpc) is 2.81. The standard InChI is InChI=1S/C22H35BN2O4/c1-20(2,3)27-19(26)25-10-8-15(9-11-25)16-12-17(14-18(24)13-16)23-28-21(4,5)22(6,7)29-23/h12-15H,8-11,24H2,1-7H3. The number of nitrogens with zero attached hydrogens (tertiary/aromatic N) is 1. The molecule has 0 saturated carbocycles. The van der Waals surface area contributed by atoms with E-state index in [0.717, 1.165) is 18.3 Å². The van der Waals surface area contributed by atoms with Crippen LogP contribution in [0.4, 0.5) is 10.5 Å². The second-order valence-corrected chi connectivity index (χ2v) is 10.3. The third-order valence-electron chi connectivity index (χ3n) is 6.14. The van der Waals surface area contributed by atoms with Crippen molar-refractivity contribution in [1.29, 1.82) is 0 Å². The number of ether oxygens (including phenoxy) is 1. The smallest absolute Gasteiger partial charge is 0.444 e. The van der Waals surface area contributed by atoms with Crippen LogP contribution in [0.1, 0.15) is 72.8 Å². The molecule has 1 amide bonds. The molecule has 0 bridgehead atoms. The summed E-state index contributed by atoms with van der Waals surface area (Å²) in [5, 5.41) is 0. The Morgan fingerprint density at radius 3 is 2.17 bits per heavy atom. The Hall–Kier alpha value is -1.73. The van der Waals surface area contributed by atoms with E-state index < -0.39 is 12.7 Å². The Morgan fingerprint density at radius 2 is 1.66 bits per heavy atom. The fraction of sp³-hybridized carbons (Fsp3) is 0.682. The maximum Gasteiger partial charge on any atom is 0.494 e. The quantitative estimate of drug-likeness (QED) is 0.604. The molecule has 1 aromatic rings. The summed E-state index contributed by atoms with van der Waals surface area (Å²) in [5.74, 6) is 0.346. The maximum atomic E-state index is 12.3. The molecule has 2 saturated heterocycles.